The van der Waals surface area contributed by atoms with Crippen LogP contribution in [0.1, 0.15) is 18.4 Å². The van der Waals surface area contributed by atoms with E-state index < -0.39 is 23.1 Å². The molecule has 1 aliphatic rings. The normalized spacial score (nSPS) is 15.5. The summed E-state index contributed by atoms with van der Waals surface area (Å²) in [4.78, 5) is 22.5. The summed E-state index contributed by atoms with van der Waals surface area (Å²) in [5.74, 6) is -1.88. The number of aliphatic carboxylic acids is 1. The average Bonchev–Trinajstić information content (AvgIpc) is 3.18. The van der Waals surface area contributed by atoms with E-state index in [4.69, 9.17) is 9.84 Å². The summed E-state index contributed by atoms with van der Waals surface area (Å²) in [5.41, 5.74) is 0.00849. The molecule has 20 heavy (non-hydrogen) atoms. The zero-order valence-electron chi connectivity index (χ0n) is 11.1. The van der Waals surface area contributed by atoms with Crippen LogP contribution in [0, 0.1) is 18.2 Å². The van der Waals surface area contributed by atoms with E-state index in [-0.39, 0.29) is 18.9 Å². The fraction of sp³-hybridized carbons (Fsp3) is 0.429. The molecule has 1 fully saturated rings. The molecule has 0 spiro atoms. The van der Waals surface area contributed by atoms with Crippen molar-refractivity contribution in [3.8, 4) is 5.75 Å². The van der Waals surface area contributed by atoms with Crippen LogP contribution < -0.4 is 10.1 Å². The standard InChI is InChI=1S/C14H16FNO4/c1-9-2-3-10(15)11(6-9)20-7-12(17)16-8-14(4-5-14)13(18)19/h2-3,6H,4-5,7-8H2,1H3,(H,16,17)(H,18,19). The minimum absolute atomic E-state index is 0.0134. The van der Waals surface area contributed by atoms with Crippen molar-refractivity contribution in [3.05, 3.63) is 29.6 Å². The van der Waals surface area contributed by atoms with Crippen molar-refractivity contribution < 1.29 is 23.8 Å². The molecule has 0 saturated heterocycles. The van der Waals surface area contributed by atoms with Gasteiger partial charge in [0.2, 0.25) is 0 Å². The molecule has 1 aliphatic carbocycles. The summed E-state index contributed by atoms with van der Waals surface area (Å²) in [5, 5.41) is 11.5. The molecule has 0 atom stereocenters. The van der Waals surface area contributed by atoms with Crippen LogP contribution in [-0.2, 0) is 9.59 Å². The molecule has 0 unspecified atom stereocenters. The highest BCUT2D eigenvalue weighted by Gasteiger charge is 2.50. The van der Waals surface area contributed by atoms with E-state index in [1.807, 2.05) is 0 Å². The summed E-state index contributed by atoms with van der Waals surface area (Å²) in [7, 11) is 0. The molecule has 0 aliphatic heterocycles. The zero-order valence-corrected chi connectivity index (χ0v) is 11.1. The second-order valence-corrected chi connectivity index (χ2v) is 5.08. The van der Waals surface area contributed by atoms with Gasteiger partial charge in [0.05, 0.1) is 5.41 Å². The van der Waals surface area contributed by atoms with E-state index >= 15 is 0 Å². The summed E-state index contributed by atoms with van der Waals surface area (Å²) in [6.07, 6.45) is 1.13. The third kappa shape index (κ3) is 3.26. The fourth-order valence-electron chi connectivity index (χ4n) is 1.80. The van der Waals surface area contributed by atoms with Gasteiger partial charge in [-0.1, -0.05) is 6.07 Å². The lowest BCUT2D eigenvalue weighted by Crippen LogP contribution is -2.36. The van der Waals surface area contributed by atoms with Crippen LogP contribution in [0.15, 0.2) is 18.2 Å². The van der Waals surface area contributed by atoms with Gasteiger partial charge in [-0.2, -0.15) is 0 Å². The molecule has 1 aromatic carbocycles. The first-order valence-electron chi connectivity index (χ1n) is 6.32. The van der Waals surface area contributed by atoms with Crippen LogP contribution in [-0.4, -0.2) is 30.1 Å². The van der Waals surface area contributed by atoms with Gasteiger partial charge in [-0.15, -0.1) is 0 Å². The number of carbonyl (C=O) groups excluding carboxylic acids is 1. The highest BCUT2D eigenvalue weighted by Crippen LogP contribution is 2.45. The van der Waals surface area contributed by atoms with E-state index in [1.54, 1.807) is 13.0 Å². The minimum atomic E-state index is -0.900. The second-order valence-electron chi connectivity index (χ2n) is 5.08. The van der Waals surface area contributed by atoms with Crippen LogP contribution in [0.3, 0.4) is 0 Å². The number of carboxylic acids is 1. The van der Waals surface area contributed by atoms with Crippen molar-refractivity contribution in [1.29, 1.82) is 0 Å². The number of halogens is 1. The number of hydrogen-bond acceptors (Lipinski definition) is 3. The smallest absolute Gasteiger partial charge is 0.311 e. The fourth-order valence-corrected chi connectivity index (χ4v) is 1.80. The number of amides is 1. The Morgan fingerprint density at radius 2 is 2.15 bits per heavy atom. The van der Waals surface area contributed by atoms with Crippen LogP contribution in [0.4, 0.5) is 4.39 Å². The largest absolute Gasteiger partial charge is 0.481 e. The predicted molar refractivity (Wildman–Crippen MR) is 68.9 cm³/mol. The number of benzene rings is 1. The number of nitrogens with one attached hydrogen (secondary N) is 1. The third-order valence-electron chi connectivity index (χ3n) is 3.38. The summed E-state index contributed by atoms with van der Waals surface area (Å²) >= 11 is 0. The molecule has 2 rings (SSSR count). The molecule has 1 saturated carbocycles. The van der Waals surface area contributed by atoms with Crippen LogP contribution in [0.5, 0.6) is 5.75 Å². The van der Waals surface area contributed by atoms with Gasteiger partial charge in [-0.25, -0.2) is 4.39 Å². The molecular weight excluding hydrogens is 265 g/mol. The maximum atomic E-state index is 13.4. The second kappa shape index (κ2) is 5.48. The molecule has 0 radical (unpaired) electrons. The third-order valence-corrected chi connectivity index (χ3v) is 3.38. The molecule has 108 valence electrons. The van der Waals surface area contributed by atoms with Crippen molar-refractivity contribution >= 4 is 11.9 Å². The Labute approximate surface area is 115 Å². The van der Waals surface area contributed by atoms with E-state index in [2.05, 4.69) is 5.32 Å². The van der Waals surface area contributed by atoms with Crippen molar-refractivity contribution in [1.82, 2.24) is 5.32 Å². The van der Waals surface area contributed by atoms with E-state index in [9.17, 15) is 14.0 Å². The summed E-state index contributed by atoms with van der Waals surface area (Å²) in [6.45, 7) is 1.53. The SMILES string of the molecule is Cc1ccc(F)c(OCC(=O)NCC2(C(=O)O)CC2)c1. The van der Waals surface area contributed by atoms with Gasteiger partial charge in [-0.05, 0) is 37.5 Å². The monoisotopic (exact) mass is 281 g/mol. The molecule has 0 bridgehead atoms. The van der Waals surface area contributed by atoms with Crippen LogP contribution in [0.25, 0.3) is 0 Å². The first-order chi connectivity index (χ1) is 9.43. The first kappa shape index (κ1) is 14.3. The highest BCUT2D eigenvalue weighted by molar-refractivity contribution is 5.81. The molecule has 1 aromatic rings. The lowest BCUT2D eigenvalue weighted by molar-refractivity contribution is -0.143. The van der Waals surface area contributed by atoms with E-state index in [1.165, 1.54) is 12.1 Å². The average molecular weight is 281 g/mol. The van der Waals surface area contributed by atoms with Crippen molar-refractivity contribution in [2.75, 3.05) is 13.2 Å². The Bertz CT molecular complexity index is 540. The van der Waals surface area contributed by atoms with Crippen molar-refractivity contribution in [3.63, 3.8) is 0 Å². The van der Waals surface area contributed by atoms with Gasteiger partial charge >= 0.3 is 5.97 Å². The van der Waals surface area contributed by atoms with Crippen molar-refractivity contribution in [2.45, 2.75) is 19.8 Å². The number of ether oxygens (including phenoxy) is 1. The molecule has 0 aromatic heterocycles. The van der Waals surface area contributed by atoms with Gasteiger partial charge < -0.3 is 15.2 Å². The quantitative estimate of drug-likeness (QED) is 0.828. The molecule has 2 N–H and O–H groups in total. The molecular formula is C14H16FNO4. The molecule has 5 nitrogen and oxygen atoms in total. The summed E-state index contributed by atoms with van der Waals surface area (Å²) < 4.78 is 18.5. The Balaban J connectivity index is 1.81. The van der Waals surface area contributed by atoms with Gasteiger partial charge in [-0.3, -0.25) is 9.59 Å². The van der Waals surface area contributed by atoms with Gasteiger partial charge in [0.1, 0.15) is 0 Å². The topological polar surface area (TPSA) is 75.6 Å². The van der Waals surface area contributed by atoms with Gasteiger partial charge in [0, 0.05) is 6.54 Å². The maximum Gasteiger partial charge on any atom is 0.311 e. The number of aryl methyl sites for hydroxylation is 1. The molecule has 0 heterocycles. The Morgan fingerprint density at radius 3 is 2.75 bits per heavy atom. The summed E-state index contributed by atoms with van der Waals surface area (Å²) in [6, 6.07) is 4.38. The number of hydrogen-bond donors (Lipinski definition) is 2. The van der Waals surface area contributed by atoms with Crippen LogP contribution >= 0.6 is 0 Å². The minimum Gasteiger partial charge on any atom is -0.481 e. The van der Waals surface area contributed by atoms with E-state index in [0.717, 1.165) is 5.56 Å². The number of carbonyl (C=O) groups is 2. The Morgan fingerprint density at radius 1 is 1.45 bits per heavy atom. The first-order valence-corrected chi connectivity index (χ1v) is 6.32. The molecule has 6 heteroatoms. The number of carboxylic acid groups (broad SMARTS) is 1. The van der Waals surface area contributed by atoms with Crippen LogP contribution in [0.2, 0.25) is 0 Å². The number of rotatable bonds is 6. The lowest BCUT2D eigenvalue weighted by Gasteiger charge is -2.12. The molecule has 1 amide bonds. The van der Waals surface area contributed by atoms with E-state index in [0.29, 0.717) is 12.8 Å². The lowest BCUT2D eigenvalue weighted by atomic mass is 10.1. The Hall–Kier alpha value is -2.11. The Kier molecular flexibility index (Phi) is 3.92. The van der Waals surface area contributed by atoms with Crippen molar-refractivity contribution in [2.24, 2.45) is 5.41 Å². The van der Waals surface area contributed by atoms with Gasteiger partial charge in [0.25, 0.3) is 5.91 Å². The zero-order chi connectivity index (χ0) is 14.8. The predicted octanol–water partition coefficient (Wildman–Crippen LogP) is 1.49. The van der Waals surface area contributed by atoms with Gasteiger partial charge in [0.15, 0.2) is 18.2 Å². The highest BCUT2D eigenvalue weighted by atomic mass is 19.1. The maximum absolute atomic E-state index is 13.4.